The molecule has 32 heavy (non-hydrogen) atoms. The van der Waals surface area contributed by atoms with Gasteiger partial charge in [0.15, 0.2) is 0 Å². The summed E-state index contributed by atoms with van der Waals surface area (Å²) in [5.41, 5.74) is 5.17. The summed E-state index contributed by atoms with van der Waals surface area (Å²) < 4.78 is 15.2. The van der Waals surface area contributed by atoms with Gasteiger partial charge in [-0.15, -0.1) is 0 Å². The van der Waals surface area contributed by atoms with Crippen LogP contribution in [0.4, 0.5) is 4.39 Å². The summed E-state index contributed by atoms with van der Waals surface area (Å²) in [7, 11) is 0. The Kier molecular flexibility index (Phi) is 6.66. The molecule has 0 fully saturated rings. The lowest BCUT2D eigenvalue weighted by atomic mass is 10.1. The fraction of sp³-hybridized carbons (Fsp3) is 0.222. The Labute approximate surface area is 187 Å². The number of carbonyl (C=O) groups is 1. The van der Waals surface area contributed by atoms with Gasteiger partial charge in [-0.1, -0.05) is 54.6 Å². The molecule has 0 saturated carbocycles. The van der Waals surface area contributed by atoms with Crippen LogP contribution in [0.25, 0.3) is 10.9 Å². The van der Waals surface area contributed by atoms with Crippen LogP contribution >= 0.6 is 0 Å². The second-order valence-electron chi connectivity index (χ2n) is 8.13. The van der Waals surface area contributed by atoms with Crippen LogP contribution in [0.1, 0.15) is 39.2 Å². The Morgan fingerprint density at radius 1 is 1.00 bits per heavy atom. The average Bonchev–Trinajstić information content (AvgIpc) is 3.08. The van der Waals surface area contributed by atoms with E-state index in [1.165, 1.54) is 17.7 Å². The summed E-state index contributed by atoms with van der Waals surface area (Å²) in [6.07, 6.45) is 1.95. The van der Waals surface area contributed by atoms with E-state index in [1.54, 1.807) is 12.1 Å². The molecular formula is C27H27FN2O2. The van der Waals surface area contributed by atoms with Crippen LogP contribution in [-0.2, 0) is 19.5 Å². The number of hydrogen-bond acceptors (Lipinski definition) is 2. The van der Waals surface area contributed by atoms with Gasteiger partial charge in [0.2, 0.25) is 0 Å². The van der Waals surface area contributed by atoms with Gasteiger partial charge in [0.25, 0.3) is 0 Å². The van der Waals surface area contributed by atoms with Gasteiger partial charge in [-0.3, -0.25) is 0 Å². The van der Waals surface area contributed by atoms with Crippen molar-refractivity contribution in [1.82, 2.24) is 9.88 Å². The Bertz CT molecular complexity index is 1210. The van der Waals surface area contributed by atoms with Crippen molar-refractivity contribution in [3.05, 3.63) is 107 Å². The minimum absolute atomic E-state index is 0.283. The van der Waals surface area contributed by atoms with E-state index in [-0.39, 0.29) is 11.5 Å². The molecule has 0 aliphatic rings. The molecule has 164 valence electrons. The average molecular weight is 431 g/mol. The Hall–Kier alpha value is -3.44. The lowest BCUT2D eigenvalue weighted by molar-refractivity contribution is 0.0684. The largest absolute Gasteiger partial charge is 0.477 e. The first-order valence-corrected chi connectivity index (χ1v) is 10.9. The smallest absolute Gasteiger partial charge is 0.352 e. The van der Waals surface area contributed by atoms with Crippen LogP contribution in [0.5, 0.6) is 0 Å². The molecule has 0 aliphatic carbocycles. The maximum atomic E-state index is 13.3. The molecule has 0 bridgehead atoms. The van der Waals surface area contributed by atoms with Gasteiger partial charge in [0.1, 0.15) is 11.5 Å². The second kappa shape index (κ2) is 9.79. The van der Waals surface area contributed by atoms with Crippen molar-refractivity contribution in [1.29, 1.82) is 0 Å². The SMILES string of the molecule is Cc1ccc2c(CNCCCc3ccccc3)c(C(=O)O)n(Cc3ccc(F)cc3)c2c1. The van der Waals surface area contributed by atoms with E-state index < -0.39 is 5.97 Å². The zero-order chi connectivity index (χ0) is 22.5. The Balaban J connectivity index is 1.58. The standard InChI is InChI=1S/C27H27FN2O2/c1-19-9-14-23-24(17-29-15-5-8-20-6-3-2-4-7-20)26(27(31)32)30(25(23)16-19)18-21-10-12-22(28)13-11-21/h2-4,6-7,9-14,16,29H,5,8,15,17-18H2,1H3,(H,31,32). The zero-order valence-electron chi connectivity index (χ0n) is 18.1. The summed E-state index contributed by atoms with van der Waals surface area (Å²) in [6, 6.07) is 22.6. The maximum Gasteiger partial charge on any atom is 0.352 e. The predicted molar refractivity (Wildman–Crippen MR) is 126 cm³/mol. The van der Waals surface area contributed by atoms with Gasteiger partial charge in [0, 0.05) is 29.6 Å². The van der Waals surface area contributed by atoms with E-state index in [2.05, 4.69) is 17.4 Å². The molecule has 0 saturated heterocycles. The van der Waals surface area contributed by atoms with Crippen LogP contribution in [0.2, 0.25) is 0 Å². The van der Waals surface area contributed by atoms with E-state index in [9.17, 15) is 14.3 Å². The van der Waals surface area contributed by atoms with E-state index in [0.29, 0.717) is 13.1 Å². The minimum Gasteiger partial charge on any atom is -0.477 e. The quantitative estimate of drug-likeness (QED) is 0.342. The highest BCUT2D eigenvalue weighted by Crippen LogP contribution is 2.28. The van der Waals surface area contributed by atoms with Gasteiger partial charge < -0.3 is 15.0 Å². The Morgan fingerprint density at radius 3 is 2.47 bits per heavy atom. The fourth-order valence-corrected chi connectivity index (χ4v) is 4.17. The van der Waals surface area contributed by atoms with Crippen molar-refractivity contribution in [2.75, 3.05) is 6.54 Å². The molecular weight excluding hydrogens is 403 g/mol. The number of carboxylic acids is 1. The lowest BCUT2D eigenvalue weighted by Crippen LogP contribution is -2.18. The third kappa shape index (κ3) is 4.89. The number of aromatic nitrogens is 1. The molecule has 1 heterocycles. The summed E-state index contributed by atoms with van der Waals surface area (Å²) in [4.78, 5) is 12.3. The molecule has 2 N–H and O–H groups in total. The number of aryl methyl sites for hydroxylation is 2. The van der Waals surface area contributed by atoms with Crippen molar-refractivity contribution in [3.63, 3.8) is 0 Å². The molecule has 0 aliphatic heterocycles. The number of nitrogens with one attached hydrogen (secondary N) is 1. The Morgan fingerprint density at radius 2 is 1.75 bits per heavy atom. The third-order valence-corrected chi connectivity index (χ3v) is 5.75. The van der Waals surface area contributed by atoms with Gasteiger partial charge in [-0.25, -0.2) is 9.18 Å². The highest BCUT2D eigenvalue weighted by Gasteiger charge is 2.22. The van der Waals surface area contributed by atoms with Crippen molar-refractivity contribution in [3.8, 4) is 0 Å². The van der Waals surface area contributed by atoms with E-state index in [1.807, 2.05) is 47.9 Å². The second-order valence-corrected chi connectivity index (χ2v) is 8.13. The summed E-state index contributed by atoms with van der Waals surface area (Å²) in [5, 5.41) is 14.4. The van der Waals surface area contributed by atoms with Crippen molar-refractivity contribution < 1.29 is 14.3 Å². The van der Waals surface area contributed by atoms with Crippen molar-refractivity contribution in [2.24, 2.45) is 0 Å². The molecule has 4 nitrogen and oxygen atoms in total. The number of carboxylic acid groups (broad SMARTS) is 1. The monoisotopic (exact) mass is 430 g/mol. The number of hydrogen-bond donors (Lipinski definition) is 2. The number of rotatable bonds is 9. The van der Waals surface area contributed by atoms with Crippen LogP contribution in [-0.4, -0.2) is 22.2 Å². The zero-order valence-corrected chi connectivity index (χ0v) is 18.1. The normalized spacial score (nSPS) is 11.2. The van der Waals surface area contributed by atoms with Gasteiger partial charge >= 0.3 is 5.97 Å². The first-order valence-electron chi connectivity index (χ1n) is 10.9. The summed E-state index contributed by atoms with van der Waals surface area (Å²) >= 11 is 0. The molecule has 0 atom stereocenters. The fourth-order valence-electron chi connectivity index (χ4n) is 4.17. The first kappa shape index (κ1) is 21.8. The summed E-state index contributed by atoms with van der Waals surface area (Å²) in [6.45, 7) is 3.64. The van der Waals surface area contributed by atoms with Gasteiger partial charge in [-0.2, -0.15) is 0 Å². The molecule has 0 unspecified atom stereocenters. The number of aromatic carboxylic acids is 1. The minimum atomic E-state index is -0.956. The highest BCUT2D eigenvalue weighted by molar-refractivity contribution is 5.98. The number of halogens is 1. The number of fused-ring (bicyclic) bond motifs is 1. The first-order chi connectivity index (χ1) is 15.5. The van der Waals surface area contributed by atoms with Crippen LogP contribution < -0.4 is 5.32 Å². The van der Waals surface area contributed by atoms with Crippen LogP contribution in [0.15, 0.2) is 72.8 Å². The van der Waals surface area contributed by atoms with Crippen LogP contribution in [0, 0.1) is 12.7 Å². The molecule has 1 aromatic heterocycles. The van der Waals surface area contributed by atoms with E-state index >= 15 is 0 Å². The van der Waals surface area contributed by atoms with Gasteiger partial charge in [0.05, 0.1) is 0 Å². The predicted octanol–water partition coefficient (Wildman–Crippen LogP) is 5.56. The van der Waals surface area contributed by atoms with E-state index in [4.69, 9.17) is 0 Å². The topological polar surface area (TPSA) is 54.3 Å². The maximum absolute atomic E-state index is 13.3. The number of benzene rings is 3. The van der Waals surface area contributed by atoms with E-state index in [0.717, 1.165) is 47.0 Å². The molecule has 0 radical (unpaired) electrons. The van der Waals surface area contributed by atoms with Crippen molar-refractivity contribution >= 4 is 16.9 Å². The number of nitrogens with zero attached hydrogens (tertiary/aromatic N) is 1. The summed E-state index contributed by atoms with van der Waals surface area (Å²) in [5.74, 6) is -1.26. The van der Waals surface area contributed by atoms with Crippen molar-refractivity contribution in [2.45, 2.75) is 32.9 Å². The molecule has 0 spiro atoms. The molecule has 4 aromatic rings. The molecule has 0 amide bonds. The molecule has 3 aromatic carbocycles. The van der Waals surface area contributed by atoms with Gasteiger partial charge in [-0.05, 0) is 61.2 Å². The molecule has 4 rings (SSSR count). The third-order valence-electron chi connectivity index (χ3n) is 5.75. The lowest BCUT2D eigenvalue weighted by Gasteiger charge is -2.10. The highest BCUT2D eigenvalue weighted by atomic mass is 19.1. The van der Waals surface area contributed by atoms with Crippen LogP contribution in [0.3, 0.4) is 0 Å². The molecule has 5 heteroatoms.